The fraction of sp³-hybridized carbons (Fsp3) is 0.714. The second kappa shape index (κ2) is 10.7. The van der Waals surface area contributed by atoms with Crippen LogP contribution in [0.4, 0.5) is 0 Å². The summed E-state index contributed by atoms with van der Waals surface area (Å²) in [7, 11) is 0. The van der Waals surface area contributed by atoms with Gasteiger partial charge in [0.05, 0.1) is 19.3 Å². The molecule has 2 heteroatoms. The van der Waals surface area contributed by atoms with E-state index in [4.69, 9.17) is 9.47 Å². The van der Waals surface area contributed by atoms with Crippen LogP contribution in [0.5, 0.6) is 5.75 Å². The number of hydrogen-bond acceptors (Lipinski definition) is 2. The lowest BCUT2D eigenvalue weighted by Crippen LogP contribution is -2.20. The Morgan fingerprint density at radius 2 is 1.70 bits per heavy atom. The highest BCUT2D eigenvalue weighted by atomic mass is 16.5. The summed E-state index contributed by atoms with van der Waals surface area (Å²) in [5.41, 5.74) is 1.30. The summed E-state index contributed by atoms with van der Waals surface area (Å²) in [5.74, 6) is 1.73. The molecule has 0 amide bonds. The van der Waals surface area contributed by atoms with E-state index in [1.807, 2.05) is 6.92 Å². The molecule has 1 aromatic rings. The summed E-state index contributed by atoms with van der Waals surface area (Å²) in [6.07, 6.45) is 12.5. The Bertz CT molecular complexity index is 404. The van der Waals surface area contributed by atoms with Crippen LogP contribution in [0.3, 0.4) is 0 Å². The molecular formula is C21H34O2. The molecule has 1 fully saturated rings. The lowest BCUT2D eigenvalue weighted by molar-refractivity contribution is -0.0199. The molecule has 23 heavy (non-hydrogen) atoms. The molecular weight excluding hydrogens is 284 g/mol. The number of rotatable bonds is 10. The molecule has 0 aliphatic carbocycles. The first kappa shape index (κ1) is 18.3. The van der Waals surface area contributed by atoms with Crippen molar-refractivity contribution in [2.24, 2.45) is 5.92 Å². The maximum absolute atomic E-state index is 6.13. The zero-order valence-corrected chi connectivity index (χ0v) is 15.1. The van der Waals surface area contributed by atoms with Gasteiger partial charge in [-0.05, 0) is 49.8 Å². The van der Waals surface area contributed by atoms with E-state index in [-0.39, 0.29) is 6.10 Å². The molecule has 0 radical (unpaired) electrons. The zero-order valence-electron chi connectivity index (χ0n) is 15.1. The largest absolute Gasteiger partial charge is 0.494 e. The van der Waals surface area contributed by atoms with Crippen molar-refractivity contribution in [2.45, 2.75) is 77.7 Å². The van der Waals surface area contributed by atoms with Gasteiger partial charge in [-0.15, -0.1) is 0 Å². The Labute approximate surface area is 142 Å². The van der Waals surface area contributed by atoms with Crippen LogP contribution < -0.4 is 4.74 Å². The summed E-state index contributed by atoms with van der Waals surface area (Å²) in [6, 6.07) is 8.43. The van der Waals surface area contributed by atoms with Crippen molar-refractivity contribution in [1.82, 2.24) is 0 Å². The van der Waals surface area contributed by atoms with Crippen molar-refractivity contribution in [1.29, 1.82) is 0 Å². The van der Waals surface area contributed by atoms with Gasteiger partial charge in [0.25, 0.3) is 0 Å². The third-order valence-electron chi connectivity index (χ3n) is 4.90. The SMILES string of the molecule is CCCCCCCCC1CCC(c2ccc(OCC)cc2)OC1. The molecule has 0 aromatic heterocycles. The van der Waals surface area contributed by atoms with Crippen LogP contribution in [0, 0.1) is 5.92 Å². The number of ether oxygens (including phenoxy) is 2. The van der Waals surface area contributed by atoms with E-state index < -0.39 is 0 Å². The van der Waals surface area contributed by atoms with E-state index in [1.54, 1.807) is 0 Å². The van der Waals surface area contributed by atoms with E-state index in [0.29, 0.717) is 0 Å². The molecule has 2 rings (SSSR count). The molecule has 1 aliphatic heterocycles. The van der Waals surface area contributed by atoms with E-state index in [1.165, 1.54) is 56.9 Å². The number of benzene rings is 1. The van der Waals surface area contributed by atoms with Gasteiger partial charge in [-0.2, -0.15) is 0 Å². The van der Waals surface area contributed by atoms with Gasteiger partial charge in [0, 0.05) is 0 Å². The second-order valence-corrected chi connectivity index (χ2v) is 6.82. The van der Waals surface area contributed by atoms with Crippen molar-refractivity contribution < 1.29 is 9.47 Å². The van der Waals surface area contributed by atoms with E-state index in [0.717, 1.165) is 31.3 Å². The highest BCUT2D eigenvalue weighted by Gasteiger charge is 2.22. The Balaban J connectivity index is 1.63. The molecule has 0 saturated carbocycles. The maximum atomic E-state index is 6.13. The van der Waals surface area contributed by atoms with Gasteiger partial charge < -0.3 is 9.47 Å². The monoisotopic (exact) mass is 318 g/mol. The van der Waals surface area contributed by atoms with E-state index in [9.17, 15) is 0 Å². The first-order chi connectivity index (χ1) is 11.3. The van der Waals surface area contributed by atoms with Gasteiger partial charge in [0.1, 0.15) is 5.75 Å². The standard InChI is InChI=1S/C21H34O2/c1-3-5-6-7-8-9-10-18-11-16-21(23-17-18)19-12-14-20(15-13-19)22-4-2/h12-15,18,21H,3-11,16-17H2,1-2H3. The Morgan fingerprint density at radius 1 is 0.957 bits per heavy atom. The quantitative estimate of drug-likeness (QED) is 0.471. The average Bonchev–Trinajstić information content (AvgIpc) is 2.60. The molecule has 0 bridgehead atoms. The third-order valence-corrected chi connectivity index (χ3v) is 4.90. The highest BCUT2D eigenvalue weighted by molar-refractivity contribution is 5.28. The average molecular weight is 319 g/mol. The first-order valence-electron chi connectivity index (χ1n) is 9.67. The molecule has 2 atom stereocenters. The number of unbranched alkanes of at least 4 members (excludes halogenated alkanes) is 5. The van der Waals surface area contributed by atoms with Crippen LogP contribution in [-0.2, 0) is 4.74 Å². The molecule has 0 N–H and O–H groups in total. The van der Waals surface area contributed by atoms with Crippen LogP contribution in [0.2, 0.25) is 0 Å². The summed E-state index contributed by atoms with van der Waals surface area (Å²) >= 11 is 0. The van der Waals surface area contributed by atoms with Crippen molar-refractivity contribution in [3.63, 3.8) is 0 Å². The Hall–Kier alpha value is -1.02. The van der Waals surface area contributed by atoms with Crippen LogP contribution >= 0.6 is 0 Å². The molecule has 1 aromatic carbocycles. The van der Waals surface area contributed by atoms with Crippen molar-refractivity contribution in [3.05, 3.63) is 29.8 Å². The van der Waals surface area contributed by atoms with Crippen LogP contribution in [-0.4, -0.2) is 13.2 Å². The maximum Gasteiger partial charge on any atom is 0.119 e. The van der Waals surface area contributed by atoms with Gasteiger partial charge in [-0.1, -0.05) is 57.6 Å². The van der Waals surface area contributed by atoms with Crippen LogP contribution in [0.15, 0.2) is 24.3 Å². The van der Waals surface area contributed by atoms with Gasteiger partial charge in [0.2, 0.25) is 0 Å². The minimum atomic E-state index is 0.284. The minimum Gasteiger partial charge on any atom is -0.494 e. The predicted octanol–water partition coefficient (Wildman–Crippen LogP) is 6.30. The Kier molecular flexibility index (Phi) is 8.52. The van der Waals surface area contributed by atoms with Gasteiger partial charge >= 0.3 is 0 Å². The molecule has 130 valence electrons. The molecule has 0 spiro atoms. The van der Waals surface area contributed by atoms with Crippen LogP contribution in [0.25, 0.3) is 0 Å². The molecule has 1 saturated heterocycles. The van der Waals surface area contributed by atoms with Crippen molar-refractivity contribution in [2.75, 3.05) is 13.2 Å². The fourth-order valence-electron chi connectivity index (χ4n) is 3.46. The highest BCUT2D eigenvalue weighted by Crippen LogP contribution is 2.33. The molecule has 2 unspecified atom stereocenters. The summed E-state index contributed by atoms with van der Waals surface area (Å²) in [4.78, 5) is 0. The lowest BCUT2D eigenvalue weighted by atomic mass is 9.91. The first-order valence-corrected chi connectivity index (χ1v) is 9.67. The molecule has 1 aliphatic rings. The Morgan fingerprint density at radius 3 is 2.35 bits per heavy atom. The minimum absolute atomic E-state index is 0.284. The normalized spacial score (nSPS) is 21.3. The van der Waals surface area contributed by atoms with E-state index >= 15 is 0 Å². The second-order valence-electron chi connectivity index (χ2n) is 6.82. The summed E-state index contributed by atoms with van der Waals surface area (Å²) in [6.45, 7) is 5.95. The van der Waals surface area contributed by atoms with E-state index in [2.05, 4.69) is 31.2 Å². The summed E-state index contributed by atoms with van der Waals surface area (Å²) < 4.78 is 11.6. The van der Waals surface area contributed by atoms with Gasteiger partial charge in [-0.3, -0.25) is 0 Å². The van der Waals surface area contributed by atoms with Crippen molar-refractivity contribution in [3.8, 4) is 5.75 Å². The molecule has 1 heterocycles. The lowest BCUT2D eigenvalue weighted by Gasteiger charge is -2.29. The third kappa shape index (κ3) is 6.55. The molecule has 2 nitrogen and oxygen atoms in total. The van der Waals surface area contributed by atoms with Gasteiger partial charge in [-0.25, -0.2) is 0 Å². The topological polar surface area (TPSA) is 18.5 Å². The fourth-order valence-corrected chi connectivity index (χ4v) is 3.46. The van der Waals surface area contributed by atoms with Gasteiger partial charge in [0.15, 0.2) is 0 Å². The van der Waals surface area contributed by atoms with Crippen LogP contribution in [0.1, 0.15) is 83.3 Å². The van der Waals surface area contributed by atoms with Crippen molar-refractivity contribution >= 4 is 0 Å². The smallest absolute Gasteiger partial charge is 0.119 e. The zero-order chi connectivity index (χ0) is 16.3. The number of hydrogen-bond donors (Lipinski definition) is 0. The predicted molar refractivity (Wildman–Crippen MR) is 97.0 cm³/mol. The summed E-state index contributed by atoms with van der Waals surface area (Å²) in [5, 5.41) is 0.